The molecule has 0 aromatic heterocycles. The molecule has 0 radical (unpaired) electrons. The molecule has 0 saturated carbocycles. The normalized spacial score (nSPS) is 13.2. The number of carbonyl (C=O) groups is 2. The van der Waals surface area contributed by atoms with Gasteiger partial charge in [0.15, 0.2) is 11.6 Å². The summed E-state index contributed by atoms with van der Waals surface area (Å²) >= 11 is 0. The Hall–Kier alpha value is -2.42. The highest BCUT2D eigenvalue weighted by Gasteiger charge is 2.18. The molecule has 0 aliphatic heterocycles. The highest BCUT2D eigenvalue weighted by Crippen LogP contribution is 2.31. The molecule has 4 rings (SSSR count). The second-order valence-corrected chi connectivity index (χ2v) is 6.87. The first kappa shape index (κ1) is 18.4. The zero-order valence-electron chi connectivity index (χ0n) is 15.9. The van der Waals surface area contributed by atoms with E-state index in [1.54, 1.807) is 7.11 Å². The molecule has 0 heterocycles. The largest absolute Gasteiger partial charge is 0.496 e. The fraction of sp³-hybridized carbons (Fsp3) is 0.391. The van der Waals surface area contributed by atoms with E-state index in [0.717, 1.165) is 64.8 Å². The van der Waals surface area contributed by atoms with Gasteiger partial charge in [0.25, 0.3) is 0 Å². The van der Waals surface area contributed by atoms with Gasteiger partial charge in [0, 0.05) is 24.0 Å². The van der Waals surface area contributed by atoms with Gasteiger partial charge in [-0.25, -0.2) is 0 Å². The Morgan fingerprint density at radius 3 is 2.08 bits per heavy atom. The molecule has 0 amide bonds. The molecule has 136 valence electrons. The Morgan fingerprint density at radius 1 is 0.846 bits per heavy atom. The average Bonchev–Trinajstić information content (AvgIpc) is 2.71. The topological polar surface area (TPSA) is 43.4 Å². The van der Waals surface area contributed by atoms with Gasteiger partial charge in [0.1, 0.15) is 5.75 Å². The molecule has 2 aliphatic carbocycles. The van der Waals surface area contributed by atoms with E-state index >= 15 is 0 Å². The van der Waals surface area contributed by atoms with Gasteiger partial charge in [-0.05, 0) is 66.1 Å². The van der Waals surface area contributed by atoms with Crippen molar-refractivity contribution < 1.29 is 14.3 Å². The van der Waals surface area contributed by atoms with Crippen LogP contribution in [-0.2, 0) is 25.7 Å². The summed E-state index contributed by atoms with van der Waals surface area (Å²) in [6.07, 6.45) is 4.15. The molecule has 0 N–H and O–H groups in total. The Bertz CT molecular complexity index is 849. The van der Waals surface area contributed by atoms with Gasteiger partial charge < -0.3 is 4.74 Å². The fourth-order valence-corrected chi connectivity index (χ4v) is 3.75. The summed E-state index contributed by atoms with van der Waals surface area (Å²) in [5.74, 6) is 1.25. The van der Waals surface area contributed by atoms with Crippen molar-refractivity contribution in [2.24, 2.45) is 0 Å². The summed E-state index contributed by atoms with van der Waals surface area (Å²) in [7, 11) is 1.70. The molecule has 0 unspecified atom stereocenters. The van der Waals surface area contributed by atoms with Crippen LogP contribution in [0.1, 0.15) is 69.7 Å². The third kappa shape index (κ3) is 3.57. The molecule has 0 fully saturated rings. The summed E-state index contributed by atoms with van der Waals surface area (Å²) in [4.78, 5) is 24.7. The van der Waals surface area contributed by atoms with Crippen molar-refractivity contribution in [2.75, 3.05) is 7.11 Å². The van der Waals surface area contributed by atoms with Crippen molar-refractivity contribution in [1.82, 2.24) is 0 Å². The molecule has 3 heteroatoms. The maximum atomic E-state index is 12.4. The van der Waals surface area contributed by atoms with Crippen LogP contribution in [0.25, 0.3) is 0 Å². The number of benzene rings is 2. The first-order valence-electron chi connectivity index (χ1n) is 9.45. The fourth-order valence-electron chi connectivity index (χ4n) is 3.75. The van der Waals surface area contributed by atoms with Crippen LogP contribution in [0.2, 0.25) is 0 Å². The van der Waals surface area contributed by atoms with Crippen molar-refractivity contribution in [3.63, 3.8) is 0 Å². The van der Waals surface area contributed by atoms with E-state index in [2.05, 4.69) is 18.2 Å². The zero-order chi connectivity index (χ0) is 18.7. The lowest BCUT2D eigenvalue weighted by Gasteiger charge is -2.15. The quantitative estimate of drug-likeness (QED) is 0.730. The van der Waals surface area contributed by atoms with Crippen molar-refractivity contribution in [3.8, 4) is 5.75 Å². The van der Waals surface area contributed by atoms with E-state index in [1.165, 1.54) is 0 Å². The van der Waals surface area contributed by atoms with Gasteiger partial charge in [-0.3, -0.25) is 9.59 Å². The van der Waals surface area contributed by atoms with Crippen LogP contribution < -0.4 is 4.74 Å². The predicted octanol–water partition coefficient (Wildman–Crippen LogP) is 4.76. The van der Waals surface area contributed by atoms with Crippen LogP contribution in [-0.4, -0.2) is 18.7 Å². The number of hydrogen-bond donors (Lipinski definition) is 0. The van der Waals surface area contributed by atoms with Crippen LogP contribution in [0.4, 0.5) is 0 Å². The monoisotopic (exact) mass is 350 g/mol. The van der Waals surface area contributed by atoms with E-state index in [1.807, 2.05) is 26.0 Å². The number of aryl methyl sites for hydroxylation is 4. The maximum absolute atomic E-state index is 12.4. The van der Waals surface area contributed by atoms with E-state index in [-0.39, 0.29) is 11.6 Å². The van der Waals surface area contributed by atoms with Crippen molar-refractivity contribution >= 4 is 11.6 Å². The van der Waals surface area contributed by atoms with Gasteiger partial charge in [-0.1, -0.05) is 26.0 Å². The number of ether oxygens (including phenoxy) is 1. The Balaban J connectivity index is 2.10. The van der Waals surface area contributed by atoms with Crippen LogP contribution in [0, 0.1) is 0 Å². The maximum Gasteiger partial charge on any atom is 0.162 e. The summed E-state index contributed by atoms with van der Waals surface area (Å²) in [5, 5.41) is 0. The van der Waals surface area contributed by atoms with E-state index in [0.29, 0.717) is 12.8 Å². The van der Waals surface area contributed by atoms with Crippen LogP contribution >= 0.6 is 0 Å². The van der Waals surface area contributed by atoms with Gasteiger partial charge in [0.2, 0.25) is 0 Å². The average molecular weight is 350 g/mol. The molecule has 0 atom stereocenters. The summed E-state index contributed by atoms with van der Waals surface area (Å²) in [6, 6.07) is 10.2. The van der Waals surface area contributed by atoms with E-state index in [4.69, 9.17) is 4.74 Å². The van der Waals surface area contributed by atoms with E-state index < -0.39 is 0 Å². The second-order valence-electron chi connectivity index (χ2n) is 6.87. The molecule has 3 nitrogen and oxygen atoms in total. The summed E-state index contributed by atoms with van der Waals surface area (Å²) in [5.41, 5.74) is 5.99. The highest BCUT2D eigenvalue weighted by molar-refractivity contribution is 5.98. The van der Waals surface area contributed by atoms with Gasteiger partial charge >= 0.3 is 0 Å². The van der Waals surface area contributed by atoms with Crippen molar-refractivity contribution in [2.45, 2.75) is 52.4 Å². The molecule has 4 bridgehead atoms. The SMILES string of the molecule is CCC(=O)c1cc2c(OC)c(c1)CCc1ccc(cc1C(=O)CC)CC2. The first-order chi connectivity index (χ1) is 12.6. The third-order valence-electron chi connectivity index (χ3n) is 5.23. The Kier molecular flexibility index (Phi) is 5.55. The van der Waals surface area contributed by atoms with Crippen molar-refractivity contribution in [3.05, 3.63) is 63.7 Å². The number of ketones is 2. The molecule has 2 aromatic carbocycles. The Labute approximate surface area is 155 Å². The van der Waals surface area contributed by atoms with Crippen LogP contribution in [0.15, 0.2) is 30.3 Å². The standard InChI is InChI=1S/C23H26O3/c1-4-21(24)19-13-17-9-7-15-6-8-16(20(12-15)22(25)5-2)10-11-18(14-19)23(17)26-3/h6,8,12-14H,4-5,7,9-11H2,1-3H3. The third-order valence-corrected chi connectivity index (χ3v) is 5.23. The van der Waals surface area contributed by atoms with Gasteiger partial charge in [-0.2, -0.15) is 0 Å². The van der Waals surface area contributed by atoms with E-state index in [9.17, 15) is 9.59 Å². The number of carbonyl (C=O) groups excluding carboxylic acids is 2. The van der Waals surface area contributed by atoms with Crippen molar-refractivity contribution in [1.29, 1.82) is 0 Å². The number of fused-ring (bicyclic) bond motifs is 4. The molecule has 2 aromatic rings. The summed E-state index contributed by atoms with van der Waals surface area (Å²) in [6.45, 7) is 3.80. The lowest BCUT2D eigenvalue weighted by atomic mass is 9.94. The molecular weight excluding hydrogens is 324 g/mol. The molecular formula is C23H26O3. The lowest BCUT2D eigenvalue weighted by Crippen LogP contribution is -2.06. The predicted molar refractivity (Wildman–Crippen MR) is 103 cm³/mol. The molecule has 0 spiro atoms. The zero-order valence-corrected chi connectivity index (χ0v) is 15.9. The highest BCUT2D eigenvalue weighted by atomic mass is 16.5. The lowest BCUT2D eigenvalue weighted by molar-refractivity contribution is 0.0979. The molecule has 2 aliphatic rings. The number of methoxy groups -OCH3 is 1. The van der Waals surface area contributed by atoms with Gasteiger partial charge in [-0.15, -0.1) is 0 Å². The smallest absolute Gasteiger partial charge is 0.162 e. The Morgan fingerprint density at radius 2 is 1.46 bits per heavy atom. The minimum absolute atomic E-state index is 0.159. The number of hydrogen-bond acceptors (Lipinski definition) is 3. The van der Waals surface area contributed by atoms with Crippen LogP contribution in [0.3, 0.4) is 0 Å². The number of Topliss-reactive ketones (excluding diaryl/α,β-unsaturated/α-hetero) is 2. The first-order valence-corrected chi connectivity index (χ1v) is 9.45. The molecule has 0 saturated heterocycles. The van der Waals surface area contributed by atoms with Crippen LogP contribution in [0.5, 0.6) is 5.75 Å². The number of rotatable bonds is 5. The van der Waals surface area contributed by atoms with Gasteiger partial charge in [0.05, 0.1) is 7.11 Å². The minimum Gasteiger partial charge on any atom is -0.496 e. The second kappa shape index (κ2) is 7.86. The minimum atomic E-state index is 0.159. The molecule has 26 heavy (non-hydrogen) atoms. The summed E-state index contributed by atoms with van der Waals surface area (Å²) < 4.78 is 5.71.